The Morgan fingerprint density at radius 2 is 1.95 bits per heavy atom. The standard InChI is InChI=1S/C26H23ClF3N5O4/c27-18-7-9-19(10-8-18)35-22(26(28,29)30)20(13-32-35)24-33-23(34-39-24)16-5-3-15(4-6-16)21(36)14-38-25(37)17-2-1-11-31-12-17/h3-10,13,17,21,31,36H,1-2,11-12,14H2. The third kappa shape index (κ3) is 5.97. The van der Waals surface area contributed by atoms with Crippen LogP contribution < -0.4 is 5.32 Å². The second kappa shape index (κ2) is 11.2. The number of rotatable bonds is 7. The lowest BCUT2D eigenvalue weighted by molar-refractivity contribution is -0.152. The molecule has 0 bridgehead atoms. The van der Waals surface area contributed by atoms with E-state index in [1.807, 2.05) is 0 Å². The molecule has 0 amide bonds. The zero-order valence-electron chi connectivity index (χ0n) is 20.4. The van der Waals surface area contributed by atoms with Crippen LogP contribution in [0, 0.1) is 5.92 Å². The van der Waals surface area contributed by atoms with Crippen molar-refractivity contribution in [3.8, 4) is 28.5 Å². The van der Waals surface area contributed by atoms with Crippen LogP contribution in [0.1, 0.15) is 30.2 Å². The van der Waals surface area contributed by atoms with Crippen LogP contribution in [0.25, 0.3) is 28.5 Å². The lowest BCUT2D eigenvalue weighted by Crippen LogP contribution is -2.35. The fourth-order valence-electron chi connectivity index (χ4n) is 4.29. The average molecular weight is 562 g/mol. The number of hydrogen-bond acceptors (Lipinski definition) is 8. The van der Waals surface area contributed by atoms with Gasteiger partial charge in [0.1, 0.15) is 12.7 Å². The summed E-state index contributed by atoms with van der Waals surface area (Å²) in [4.78, 5) is 16.3. The molecule has 2 atom stereocenters. The second-order valence-corrected chi connectivity index (χ2v) is 9.46. The molecule has 1 aliphatic rings. The van der Waals surface area contributed by atoms with Crippen molar-refractivity contribution < 1.29 is 32.3 Å². The van der Waals surface area contributed by atoms with Crippen LogP contribution in [0.3, 0.4) is 0 Å². The number of carbonyl (C=O) groups is 1. The Labute approximate surface area is 225 Å². The van der Waals surface area contributed by atoms with Gasteiger partial charge in [0.25, 0.3) is 5.89 Å². The lowest BCUT2D eigenvalue weighted by Gasteiger charge is -2.22. The molecule has 1 fully saturated rings. The van der Waals surface area contributed by atoms with Gasteiger partial charge in [0.2, 0.25) is 5.82 Å². The highest BCUT2D eigenvalue weighted by atomic mass is 35.5. The van der Waals surface area contributed by atoms with E-state index < -0.39 is 18.0 Å². The van der Waals surface area contributed by atoms with Crippen molar-refractivity contribution in [2.75, 3.05) is 19.7 Å². The number of aromatic nitrogens is 4. The van der Waals surface area contributed by atoms with Gasteiger partial charge in [-0.1, -0.05) is 41.0 Å². The zero-order chi connectivity index (χ0) is 27.6. The first-order valence-corrected chi connectivity index (χ1v) is 12.5. The summed E-state index contributed by atoms with van der Waals surface area (Å²) >= 11 is 5.85. The van der Waals surface area contributed by atoms with Gasteiger partial charge >= 0.3 is 12.1 Å². The van der Waals surface area contributed by atoms with Crippen molar-refractivity contribution in [3.05, 3.63) is 71.0 Å². The molecular formula is C26H23ClF3N5O4. The topological polar surface area (TPSA) is 115 Å². The molecule has 2 aromatic carbocycles. The van der Waals surface area contributed by atoms with Crippen molar-refractivity contribution in [1.29, 1.82) is 0 Å². The highest BCUT2D eigenvalue weighted by Crippen LogP contribution is 2.38. The number of esters is 1. The molecule has 1 aliphatic heterocycles. The van der Waals surface area contributed by atoms with Crippen molar-refractivity contribution >= 4 is 17.6 Å². The highest BCUT2D eigenvalue weighted by Gasteiger charge is 2.40. The van der Waals surface area contributed by atoms with E-state index in [9.17, 15) is 23.1 Å². The van der Waals surface area contributed by atoms with Gasteiger partial charge in [-0.3, -0.25) is 4.79 Å². The average Bonchev–Trinajstić information content (AvgIpc) is 3.60. The number of nitrogens with zero attached hydrogens (tertiary/aromatic N) is 4. The number of halogens is 4. The van der Waals surface area contributed by atoms with Crippen molar-refractivity contribution in [3.63, 3.8) is 0 Å². The van der Waals surface area contributed by atoms with Crippen LogP contribution in [-0.4, -0.2) is 50.7 Å². The number of aliphatic hydroxyl groups is 1. The first-order chi connectivity index (χ1) is 18.7. The minimum absolute atomic E-state index is 0.0506. The summed E-state index contributed by atoms with van der Waals surface area (Å²) in [7, 11) is 0. The van der Waals surface area contributed by atoms with Crippen molar-refractivity contribution in [1.82, 2.24) is 25.2 Å². The number of alkyl halides is 3. The van der Waals surface area contributed by atoms with E-state index in [4.69, 9.17) is 20.9 Å². The Morgan fingerprint density at radius 3 is 2.62 bits per heavy atom. The molecule has 0 radical (unpaired) electrons. The molecule has 204 valence electrons. The molecule has 1 saturated heterocycles. The normalized spacial score (nSPS) is 16.7. The third-order valence-corrected chi connectivity index (χ3v) is 6.58. The van der Waals surface area contributed by atoms with Gasteiger partial charge in [0.05, 0.1) is 23.4 Å². The molecule has 0 aliphatic carbocycles. The quantitative estimate of drug-likeness (QED) is 0.308. The molecule has 13 heteroatoms. The summed E-state index contributed by atoms with van der Waals surface area (Å²) in [6, 6.07) is 12.1. The molecule has 4 aromatic rings. The van der Waals surface area contributed by atoms with E-state index >= 15 is 0 Å². The molecule has 2 N–H and O–H groups in total. The highest BCUT2D eigenvalue weighted by molar-refractivity contribution is 6.30. The molecule has 0 spiro atoms. The van der Waals surface area contributed by atoms with Gasteiger partial charge < -0.3 is 19.7 Å². The molecule has 9 nitrogen and oxygen atoms in total. The Bertz CT molecular complexity index is 1430. The summed E-state index contributed by atoms with van der Waals surface area (Å²) in [5.74, 6) is -0.882. The smallest absolute Gasteiger partial charge is 0.434 e. The van der Waals surface area contributed by atoms with Crippen LogP contribution in [-0.2, 0) is 15.7 Å². The van der Waals surface area contributed by atoms with Crippen LogP contribution in [0.2, 0.25) is 5.02 Å². The number of piperidine rings is 1. The van der Waals surface area contributed by atoms with Crippen LogP contribution >= 0.6 is 11.6 Å². The molecular weight excluding hydrogens is 539 g/mol. The Balaban J connectivity index is 1.31. The maximum absolute atomic E-state index is 14.0. The Hall–Kier alpha value is -3.74. The molecule has 39 heavy (non-hydrogen) atoms. The number of nitrogens with one attached hydrogen (secondary N) is 1. The monoisotopic (exact) mass is 561 g/mol. The number of carbonyl (C=O) groups excluding carboxylic acids is 1. The molecule has 3 heterocycles. The van der Waals surface area contributed by atoms with E-state index in [1.165, 1.54) is 24.3 Å². The summed E-state index contributed by atoms with van der Waals surface area (Å²) in [6.45, 7) is 1.23. The minimum Gasteiger partial charge on any atom is -0.462 e. The first-order valence-electron chi connectivity index (χ1n) is 12.1. The van der Waals surface area contributed by atoms with E-state index in [1.54, 1.807) is 24.3 Å². The number of aliphatic hydroxyl groups excluding tert-OH is 1. The van der Waals surface area contributed by atoms with Gasteiger partial charge in [0, 0.05) is 17.1 Å². The summed E-state index contributed by atoms with van der Waals surface area (Å²) in [6.07, 6.45) is -3.17. The van der Waals surface area contributed by atoms with Gasteiger partial charge in [0.15, 0.2) is 5.69 Å². The largest absolute Gasteiger partial charge is 0.462 e. The van der Waals surface area contributed by atoms with Crippen molar-refractivity contribution in [2.45, 2.75) is 25.1 Å². The summed E-state index contributed by atoms with van der Waals surface area (Å²) in [5, 5.41) is 21.7. The zero-order valence-corrected chi connectivity index (χ0v) is 21.1. The second-order valence-electron chi connectivity index (χ2n) is 9.03. The van der Waals surface area contributed by atoms with Gasteiger partial charge in [-0.15, -0.1) is 0 Å². The predicted octanol–water partition coefficient (Wildman–Crippen LogP) is 4.84. The van der Waals surface area contributed by atoms with Crippen LogP contribution in [0.15, 0.2) is 59.3 Å². The Morgan fingerprint density at radius 1 is 1.21 bits per heavy atom. The summed E-state index contributed by atoms with van der Waals surface area (Å²) < 4.78 is 53.2. The third-order valence-electron chi connectivity index (χ3n) is 6.33. The van der Waals surface area contributed by atoms with Gasteiger partial charge in [-0.05, 0) is 49.2 Å². The Kier molecular flexibility index (Phi) is 7.69. The first kappa shape index (κ1) is 26.9. The fraction of sp³-hybridized carbons (Fsp3) is 0.308. The predicted molar refractivity (Wildman–Crippen MR) is 134 cm³/mol. The minimum atomic E-state index is -4.77. The van der Waals surface area contributed by atoms with Gasteiger partial charge in [-0.2, -0.15) is 23.3 Å². The van der Waals surface area contributed by atoms with Crippen LogP contribution in [0.5, 0.6) is 0 Å². The van der Waals surface area contributed by atoms with Crippen LogP contribution in [0.4, 0.5) is 13.2 Å². The van der Waals surface area contributed by atoms with Crippen molar-refractivity contribution in [2.24, 2.45) is 5.92 Å². The molecule has 2 unspecified atom stereocenters. The van der Waals surface area contributed by atoms with E-state index in [0.717, 1.165) is 30.3 Å². The van der Waals surface area contributed by atoms with E-state index in [0.29, 0.717) is 22.7 Å². The SMILES string of the molecule is O=C(OCC(O)c1ccc(-c2noc(-c3cnn(-c4ccc(Cl)cc4)c3C(F)(F)F)n2)cc1)C1CCCNC1. The van der Waals surface area contributed by atoms with Gasteiger partial charge in [-0.25, -0.2) is 4.68 Å². The van der Waals surface area contributed by atoms with E-state index in [-0.39, 0.29) is 41.5 Å². The maximum atomic E-state index is 14.0. The molecule has 5 rings (SSSR count). The molecule has 0 saturated carbocycles. The lowest BCUT2D eigenvalue weighted by atomic mass is 10.00. The number of benzene rings is 2. The maximum Gasteiger partial charge on any atom is 0.434 e. The number of hydrogen-bond donors (Lipinski definition) is 2. The number of ether oxygens (including phenoxy) is 1. The van der Waals surface area contributed by atoms with E-state index in [2.05, 4.69) is 20.6 Å². The fourth-order valence-corrected chi connectivity index (χ4v) is 4.41. The molecule has 2 aromatic heterocycles. The summed E-state index contributed by atoms with van der Waals surface area (Å²) in [5.41, 5.74) is -0.353.